The fourth-order valence-corrected chi connectivity index (χ4v) is 2.33. The summed E-state index contributed by atoms with van der Waals surface area (Å²) in [4.78, 5) is 8.55. The highest BCUT2D eigenvalue weighted by molar-refractivity contribution is 5.80. The molecule has 0 aliphatic carbocycles. The van der Waals surface area contributed by atoms with E-state index < -0.39 is 0 Å². The van der Waals surface area contributed by atoms with Gasteiger partial charge in [-0.2, -0.15) is 0 Å². The van der Waals surface area contributed by atoms with Crippen molar-refractivity contribution in [3.63, 3.8) is 0 Å². The number of hydrogen-bond donors (Lipinski definition) is 1. The first-order valence-corrected chi connectivity index (χ1v) is 6.34. The third-order valence-electron chi connectivity index (χ3n) is 3.19. The third kappa shape index (κ3) is 2.35. The Labute approximate surface area is 112 Å². The Kier molecular flexibility index (Phi) is 3.25. The second kappa shape index (κ2) is 5.20. The molecule has 0 saturated heterocycles. The van der Waals surface area contributed by atoms with Gasteiger partial charge in [-0.15, -0.1) is 0 Å². The first-order chi connectivity index (χ1) is 9.38. The summed E-state index contributed by atoms with van der Waals surface area (Å²) in [5.41, 5.74) is 3.54. The number of nitrogens with one attached hydrogen (secondary N) is 1. The highest BCUT2D eigenvalue weighted by Gasteiger charge is 2.08. The number of nitrogens with zero attached hydrogens (tertiary/aromatic N) is 3. The van der Waals surface area contributed by atoms with Gasteiger partial charge in [0.15, 0.2) is 0 Å². The molecule has 4 nitrogen and oxygen atoms in total. The molecule has 96 valence electrons. The van der Waals surface area contributed by atoms with E-state index in [0.29, 0.717) is 0 Å². The first kappa shape index (κ1) is 11.9. The molecule has 3 aromatic rings. The largest absolute Gasteiger partial charge is 0.328 e. The lowest BCUT2D eigenvalue weighted by Crippen LogP contribution is -2.04. The van der Waals surface area contributed by atoms with Gasteiger partial charge >= 0.3 is 0 Å². The predicted molar refractivity (Wildman–Crippen MR) is 75.8 cm³/mol. The molecule has 3 rings (SSSR count). The third-order valence-corrected chi connectivity index (χ3v) is 3.19. The van der Waals surface area contributed by atoms with Gasteiger partial charge in [-0.25, -0.2) is 4.98 Å². The molecule has 0 fully saturated rings. The molecule has 19 heavy (non-hydrogen) atoms. The minimum Gasteiger partial charge on any atom is -0.328 e. The molecule has 0 aromatic carbocycles. The zero-order valence-corrected chi connectivity index (χ0v) is 10.9. The molecular formula is C15H16N4. The van der Waals surface area contributed by atoms with Crippen molar-refractivity contribution >= 4 is 11.0 Å². The van der Waals surface area contributed by atoms with Crippen LogP contribution in [0.5, 0.6) is 0 Å². The maximum Gasteiger partial charge on any atom is 0.140 e. The Bertz CT molecular complexity index is 673. The van der Waals surface area contributed by atoms with Crippen LogP contribution in [-0.4, -0.2) is 21.6 Å². The van der Waals surface area contributed by atoms with E-state index in [9.17, 15) is 0 Å². The Balaban J connectivity index is 2.03. The average molecular weight is 252 g/mol. The smallest absolute Gasteiger partial charge is 0.140 e. The van der Waals surface area contributed by atoms with Crippen molar-refractivity contribution in [3.8, 4) is 0 Å². The van der Waals surface area contributed by atoms with Crippen LogP contribution in [0.2, 0.25) is 0 Å². The minimum atomic E-state index is 0.819. The van der Waals surface area contributed by atoms with Crippen molar-refractivity contribution in [1.82, 2.24) is 19.9 Å². The van der Waals surface area contributed by atoms with Crippen LogP contribution in [-0.2, 0) is 13.1 Å². The van der Waals surface area contributed by atoms with E-state index in [-0.39, 0.29) is 0 Å². The monoisotopic (exact) mass is 252 g/mol. The molecule has 3 heterocycles. The van der Waals surface area contributed by atoms with Gasteiger partial charge in [0, 0.05) is 43.3 Å². The molecule has 4 heteroatoms. The van der Waals surface area contributed by atoms with Gasteiger partial charge in [-0.3, -0.25) is 4.98 Å². The molecular weight excluding hydrogens is 236 g/mol. The summed E-state index contributed by atoms with van der Waals surface area (Å²) in [7, 11) is 1.96. The van der Waals surface area contributed by atoms with Crippen LogP contribution in [0.3, 0.4) is 0 Å². The van der Waals surface area contributed by atoms with Crippen molar-refractivity contribution in [2.45, 2.75) is 13.1 Å². The maximum absolute atomic E-state index is 4.50. The molecule has 0 aliphatic rings. The molecule has 0 unspecified atom stereocenters. The summed E-state index contributed by atoms with van der Waals surface area (Å²) >= 11 is 0. The molecule has 0 aliphatic heterocycles. The highest BCUT2D eigenvalue weighted by Crippen LogP contribution is 2.20. The summed E-state index contributed by atoms with van der Waals surface area (Å²) in [5, 5.41) is 4.42. The zero-order chi connectivity index (χ0) is 13.1. The van der Waals surface area contributed by atoms with Crippen molar-refractivity contribution in [1.29, 1.82) is 0 Å². The number of fused-ring (bicyclic) bond motifs is 1. The predicted octanol–water partition coefficient (Wildman–Crippen LogP) is 2.20. The van der Waals surface area contributed by atoms with E-state index in [2.05, 4.69) is 32.1 Å². The number of rotatable bonds is 4. The molecule has 0 atom stereocenters. The Morgan fingerprint density at radius 1 is 1.16 bits per heavy atom. The molecule has 0 spiro atoms. The van der Waals surface area contributed by atoms with E-state index in [1.807, 2.05) is 43.8 Å². The van der Waals surface area contributed by atoms with Gasteiger partial charge in [-0.05, 0) is 42.4 Å². The highest BCUT2D eigenvalue weighted by atomic mass is 15.0. The number of aromatic nitrogens is 3. The normalized spacial score (nSPS) is 11.0. The van der Waals surface area contributed by atoms with Crippen LogP contribution in [0, 0.1) is 0 Å². The van der Waals surface area contributed by atoms with Gasteiger partial charge < -0.3 is 9.88 Å². The fraction of sp³-hybridized carbons (Fsp3) is 0.200. The van der Waals surface area contributed by atoms with E-state index >= 15 is 0 Å². The second-order valence-corrected chi connectivity index (χ2v) is 4.54. The molecule has 0 radical (unpaired) electrons. The van der Waals surface area contributed by atoms with E-state index in [0.717, 1.165) is 18.7 Å². The number of hydrogen-bond acceptors (Lipinski definition) is 3. The summed E-state index contributed by atoms with van der Waals surface area (Å²) in [6, 6.07) is 8.18. The van der Waals surface area contributed by atoms with Crippen molar-refractivity contribution in [3.05, 3.63) is 60.2 Å². The van der Waals surface area contributed by atoms with Crippen molar-refractivity contribution in [2.75, 3.05) is 7.05 Å². The Morgan fingerprint density at radius 3 is 2.79 bits per heavy atom. The summed E-state index contributed by atoms with van der Waals surface area (Å²) in [6.45, 7) is 1.67. The Hall–Kier alpha value is -2.20. The molecule has 0 bridgehead atoms. The standard InChI is InChI=1S/C15H16N4/c1-16-9-13-11-19(10-12-4-7-17-8-5-12)15-14(13)3-2-6-18-15/h2-8,11,16H,9-10H2,1H3. The van der Waals surface area contributed by atoms with Crippen LogP contribution in [0.25, 0.3) is 11.0 Å². The number of pyridine rings is 2. The fourth-order valence-electron chi connectivity index (χ4n) is 2.33. The Morgan fingerprint density at radius 2 is 2.00 bits per heavy atom. The van der Waals surface area contributed by atoms with Crippen LogP contribution in [0.4, 0.5) is 0 Å². The van der Waals surface area contributed by atoms with Gasteiger partial charge in [0.05, 0.1) is 0 Å². The minimum absolute atomic E-state index is 0.819. The summed E-state index contributed by atoms with van der Waals surface area (Å²) in [5.74, 6) is 0. The van der Waals surface area contributed by atoms with E-state index in [1.165, 1.54) is 16.5 Å². The van der Waals surface area contributed by atoms with E-state index in [4.69, 9.17) is 0 Å². The molecule has 3 aromatic heterocycles. The van der Waals surface area contributed by atoms with Crippen molar-refractivity contribution in [2.24, 2.45) is 0 Å². The van der Waals surface area contributed by atoms with Crippen LogP contribution in [0.15, 0.2) is 49.1 Å². The maximum atomic E-state index is 4.50. The summed E-state index contributed by atoms with van der Waals surface area (Å²) in [6.07, 6.45) is 7.66. The van der Waals surface area contributed by atoms with Crippen molar-refractivity contribution < 1.29 is 0 Å². The lowest BCUT2D eigenvalue weighted by Gasteiger charge is -2.04. The van der Waals surface area contributed by atoms with Gasteiger partial charge in [0.2, 0.25) is 0 Å². The lowest BCUT2D eigenvalue weighted by atomic mass is 10.2. The topological polar surface area (TPSA) is 42.7 Å². The molecule has 0 saturated carbocycles. The van der Waals surface area contributed by atoms with Gasteiger partial charge in [0.25, 0.3) is 0 Å². The zero-order valence-electron chi connectivity index (χ0n) is 10.9. The van der Waals surface area contributed by atoms with Crippen LogP contribution < -0.4 is 5.32 Å². The van der Waals surface area contributed by atoms with Gasteiger partial charge in [-0.1, -0.05) is 0 Å². The summed E-state index contributed by atoms with van der Waals surface area (Å²) < 4.78 is 2.19. The quantitative estimate of drug-likeness (QED) is 0.774. The average Bonchev–Trinajstić information content (AvgIpc) is 2.79. The van der Waals surface area contributed by atoms with Crippen LogP contribution in [0.1, 0.15) is 11.1 Å². The lowest BCUT2D eigenvalue weighted by molar-refractivity contribution is 0.791. The van der Waals surface area contributed by atoms with Gasteiger partial charge in [0.1, 0.15) is 5.65 Å². The van der Waals surface area contributed by atoms with Crippen LogP contribution >= 0.6 is 0 Å². The first-order valence-electron chi connectivity index (χ1n) is 6.34. The van der Waals surface area contributed by atoms with E-state index in [1.54, 1.807) is 0 Å². The molecule has 1 N–H and O–H groups in total. The molecule has 0 amide bonds. The SMILES string of the molecule is CNCc1cn(Cc2ccncc2)c2ncccc12. The second-order valence-electron chi connectivity index (χ2n) is 4.54.